The van der Waals surface area contributed by atoms with Gasteiger partial charge in [0, 0.05) is 10.6 Å². The van der Waals surface area contributed by atoms with Gasteiger partial charge in [-0.25, -0.2) is 4.79 Å². The molecule has 0 amide bonds. The highest BCUT2D eigenvalue weighted by molar-refractivity contribution is 6.33. The third-order valence-corrected chi connectivity index (χ3v) is 2.31. The van der Waals surface area contributed by atoms with E-state index in [1.165, 1.54) is 0 Å². The van der Waals surface area contributed by atoms with E-state index in [4.69, 9.17) is 27.9 Å². The fraction of sp³-hybridized carbons (Fsp3) is 0.125. The lowest BCUT2D eigenvalue weighted by atomic mass is 10.2. The van der Waals surface area contributed by atoms with E-state index in [2.05, 4.69) is 0 Å². The first kappa shape index (κ1) is 7.90. The Morgan fingerprint density at radius 3 is 2.92 bits per heavy atom. The van der Waals surface area contributed by atoms with Gasteiger partial charge in [-0.2, -0.15) is 0 Å². The summed E-state index contributed by atoms with van der Waals surface area (Å²) in [6.45, 7) is 0. The van der Waals surface area contributed by atoms with Crippen molar-refractivity contribution in [2.24, 2.45) is 0 Å². The zero-order valence-electron chi connectivity index (χ0n) is 5.88. The van der Waals surface area contributed by atoms with Crippen LogP contribution in [0.1, 0.15) is 10.9 Å². The lowest BCUT2D eigenvalue weighted by Gasteiger charge is -1.96. The van der Waals surface area contributed by atoms with Crippen molar-refractivity contribution in [3.63, 3.8) is 0 Å². The Bertz CT molecular complexity index is 349. The fourth-order valence-electron chi connectivity index (χ4n) is 1.10. The minimum absolute atomic E-state index is 0.436. The van der Waals surface area contributed by atoms with Crippen molar-refractivity contribution in [3.05, 3.63) is 28.8 Å². The number of fused-ring (bicyclic) bond motifs is 1. The summed E-state index contributed by atoms with van der Waals surface area (Å²) in [7, 11) is 0. The number of carbonyl (C=O) groups excluding carboxylic acids is 1. The van der Waals surface area contributed by atoms with Gasteiger partial charge in [0.25, 0.3) is 0 Å². The molecular formula is C8H4Cl2O2. The van der Waals surface area contributed by atoms with Crippen LogP contribution in [0.2, 0.25) is 5.02 Å². The van der Waals surface area contributed by atoms with E-state index >= 15 is 0 Å². The molecule has 0 saturated heterocycles. The van der Waals surface area contributed by atoms with Crippen LogP contribution in [0.5, 0.6) is 5.75 Å². The van der Waals surface area contributed by atoms with E-state index in [-0.39, 0.29) is 0 Å². The lowest BCUT2D eigenvalue weighted by molar-refractivity contribution is -0.132. The highest BCUT2D eigenvalue weighted by atomic mass is 35.5. The first-order chi connectivity index (χ1) is 5.68. The molecule has 0 spiro atoms. The maximum absolute atomic E-state index is 10.9. The van der Waals surface area contributed by atoms with Crippen molar-refractivity contribution in [3.8, 4) is 5.75 Å². The van der Waals surface area contributed by atoms with Crippen LogP contribution in [0.4, 0.5) is 0 Å². The molecule has 1 aliphatic rings. The maximum atomic E-state index is 10.9. The van der Waals surface area contributed by atoms with Crippen molar-refractivity contribution < 1.29 is 9.53 Å². The normalized spacial score (nSPS) is 20.5. The molecule has 0 unspecified atom stereocenters. The van der Waals surface area contributed by atoms with Crippen molar-refractivity contribution in [1.29, 1.82) is 0 Å². The zero-order chi connectivity index (χ0) is 8.72. The van der Waals surface area contributed by atoms with Gasteiger partial charge in [0.15, 0.2) is 5.38 Å². The molecular weight excluding hydrogens is 199 g/mol. The van der Waals surface area contributed by atoms with Crippen molar-refractivity contribution in [2.75, 3.05) is 0 Å². The summed E-state index contributed by atoms with van der Waals surface area (Å²) < 4.78 is 4.84. The van der Waals surface area contributed by atoms with Crippen LogP contribution >= 0.6 is 23.2 Å². The topological polar surface area (TPSA) is 26.3 Å². The Kier molecular flexibility index (Phi) is 1.74. The highest BCUT2D eigenvalue weighted by Gasteiger charge is 2.31. The quantitative estimate of drug-likeness (QED) is 0.368. The van der Waals surface area contributed by atoms with Gasteiger partial charge < -0.3 is 4.74 Å². The van der Waals surface area contributed by atoms with Crippen LogP contribution in [-0.2, 0) is 4.79 Å². The van der Waals surface area contributed by atoms with Gasteiger partial charge >= 0.3 is 5.97 Å². The van der Waals surface area contributed by atoms with Gasteiger partial charge in [-0.15, -0.1) is 11.6 Å². The van der Waals surface area contributed by atoms with Crippen LogP contribution in [0.3, 0.4) is 0 Å². The molecule has 1 aromatic rings. The molecule has 0 saturated carbocycles. The molecule has 62 valence electrons. The Morgan fingerprint density at radius 1 is 1.42 bits per heavy atom. The first-order valence-corrected chi connectivity index (χ1v) is 4.15. The molecule has 0 aromatic heterocycles. The van der Waals surface area contributed by atoms with Crippen molar-refractivity contribution in [2.45, 2.75) is 5.38 Å². The van der Waals surface area contributed by atoms with E-state index < -0.39 is 11.3 Å². The molecule has 4 heteroatoms. The number of rotatable bonds is 0. The highest BCUT2D eigenvalue weighted by Crippen LogP contribution is 2.38. The number of hydrogen-bond donors (Lipinski definition) is 0. The van der Waals surface area contributed by atoms with Crippen LogP contribution in [0, 0.1) is 0 Å². The monoisotopic (exact) mass is 202 g/mol. The predicted octanol–water partition coefficient (Wildman–Crippen LogP) is 2.54. The van der Waals surface area contributed by atoms with Gasteiger partial charge in [-0.3, -0.25) is 0 Å². The number of ether oxygens (including phenoxy) is 1. The van der Waals surface area contributed by atoms with Gasteiger partial charge in [0.05, 0.1) is 0 Å². The molecule has 0 radical (unpaired) electrons. The maximum Gasteiger partial charge on any atom is 0.334 e. The molecule has 1 aliphatic heterocycles. The second-order valence-electron chi connectivity index (χ2n) is 2.47. The fourth-order valence-corrected chi connectivity index (χ4v) is 1.49. The van der Waals surface area contributed by atoms with E-state index in [0.717, 1.165) is 0 Å². The van der Waals surface area contributed by atoms with Crippen LogP contribution in [0.25, 0.3) is 0 Å². The predicted molar refractivity (Wildman–Crippen MR) is 45.7 cm³/mol. The van der Waals surface area contributed by atoms with E-state index in [9.17, 15) is 4.79 Å². The Hall–Kier alpha value is -0.730. The molecule has 2 rings (SSSR count). The third kappa shape index (κ3) is 1.08. The van der Waals surface area contributed by atoms with Crippen molar-refractivity contribution in [1.82, 2.24) is 0 Å². The van der Waals surface area contributed by atoms with Crippen LogP contribution < -0.4 is 4.74 Å². The van der Waals surface area contributed by atoms with Crippen molar-refractivity contribution >= 4 is 29.2 Å². The number of esters is 1. The summed E-state index contributed by atoms with van der Waals surface area (Å²) in [4.78, 5) is 10.9. The lowest BCUT2D eigenvalue weighted by Crippen LogP contribution is -2.03. The number of halogens is 2. The van der Waals surface area contributed by atoms with E-state index in [1.807, 2.05) is 0 Å². The summed E-state index contributed by atoms with van der Waals surface area (Å²) in [5.74, 6) is 0.0679. The summed E-state index contributed by atoms with van der Waals surface area (Å²) in [6.07, 6.45) is 0. The Labute approximate surface area is 79.0 Å². The molecule has 2 nitrogen and oxygen atoms in total. The van der Waals surface area contributed by atoms with Gasteiger partial charge in [0.1, 0.15) is 5.75 Å². The average Bonchev–Trinajstić information content (AvgIpc) is 2.31. The Balaban J connectivity index is 2.55. The summed E-state index contributed by atoms with van der Waals surface area (Å²) >= 11 is 11.4. The molecule has 1 aromatic carbocycles. The Morgan fingerprint density at radius 2 is 2.17 bits per heavy atom. The van der Waals surface area contributed by atoms with E-state index in [0.29, 0.717) is 16.3 Å². The van der Waals surface area contributed by atoms with Crippen LogP contribution in [0.15, 0.2) is 18.2 Å². The largest absolute Gasteiger partial charge is 0.425 e. The number of hydrogen-bond acceptors (Lipinski definition) is 2. The number of alkyl halides is 1. The second-order valence-corrected chi connectivity index (χ2v) is 3.34. The van der Waals surface area contributed by atoms with Gasteiger partial charge in [-0.1, -0.05) is 11.6 Å². The molecule has 0 aliphatic carbocycles. The zero-order valence-corrected chi connectivity index (χ0v) is 7.39. The summed E-state index contributed by atoms with van der Waals surface area (Å²) in [6, 6.07) is 4.93. The summed E-state index contributed by atoms with van der Waals surface area (Å²) in [5, 5.41) is -0.156. The van der Waals surface area contributed by atoms with E-state index in [1.54, 1.807) is 18.2 Å². The van der Waals surface area contributed by atoms with Gasteiger partial charge in [0.2, 0.25) is 0 Å². The molecule has 0 bridgehead atoms. The first-order valence-electron chi connectivity index (χ1n) is 3.33. The molecule has 1 atom stereocenters. The van der Waals surface area contributed by atoms with Gasteiger partial charge in [-0.05, 0) is 18.2 Å². The molecule has 12 heavy (non-hydrogen) atoms. The minimum atomic E-state index is -0.710. The second kappa shape index (κ2) is 2.64. The van der Waals surface area contributed by atoms with Crippen LogP contribution in [-0.4, -0.2) is 5.97 Å². The standard InChI is InChI=1S/C8H4Cl2O2/c9-4-1-2-6-5(3-4)7(10)8(11)12-6/h1-3,7H/t7-/m1/s1. The number of benzene rings is 1. The third-order valence-electron chi connectivity index (χ3n) is 1.66. The number of carbonyl (C=O) groups is 1. The SMILES string of the molecule is O=C1Oc2ccc(Cl)cc2[C@H]1Cl. The minimum Gasteiger partial charge on any atom is -0.425 e. The molecule has 0 N–H and O–H groups in total. The molecule has 1 heterocycles. The molecule has 0 fully saturated rings. The average molecular weight is 203 g/mol. The smallest absolute Gasteiger partial charge is 0.334 e. The summed E-state index contributed by atoms with van der Waals surface area (Å²) in [5.41, 5.74) is 0.647.